The molecule has 8 heteroatoms. The van der Waals surface area contributed by atoms with E-state index in [0.29, 0.717) is 6.54 Å². The Balaban J connectivity index is 1.29. The number of benzene rings is 1. The molecule has 1 saturated carbocycles. The van der Waals surface area contributed by atoms with E-state index in [1.165, 1.54) is 0 Å². The van der Waals surface area contributed by atoms with Gasteiger partial charge in [-0.1, -0.05) is 30.2 Å². The van der Waals surface area contributed by atoms with Gasteiger partial charge in [0.15, 0.2) is 0 Å². The molecule has 2 aliphatic rings. The summed E-state index contributed by atoms with van der Waals surface area (Å²) in [5.41, 5.74) is 1.68. The maximum atomic E-state index is 12.5. The van der Waals surface area contributed by atoms with Crippen molar-refractivity contribution >= 4 is 5.91 Å². The molecule has 3 atom stereocenters. The molecule has 2 heterocycles. The summed E-state index contributed by atoms with van der Waals surface area (Å²) in [6.07, 6.45) is 8.22. The summed E-state index contributed by atoms with van der Waals surface area (Å²) in [5, 5.41) is 21.4. The fraction of sp³-hybridized carbons (Fsp3) is 0.609. The highest BCUT2D eigenvalue weighted by molar-refractivity contribution is 5.79. The Morgan fingerprint density at radius 1 is 1.26 bits per heavy atom. The van der Waals surface area contributed by atoms with Gasteiger partial charge in [0, 0.05) is 18.0 Å². The van der Waals surface area contributed by atoms with Crippen molar-refractivity contribution in [3.05, 3.63) is 30.5 Å². The minimum Gasteiger partial charge on any atom is -0.496 e. The summed E-state index contributed by atoms with van der Waals surface area (Å²) in [4.78, 5) is 12.5. The zero-order chi connectivity index (χ0) is 21.6. The van der Waals surface area contributed by atoms with Crippen molar-refractivity contribution in [2.75, 3.05) is 13.7 Å². The normalized spacial score (nSPS) is 24.3. The standard InChI is InChI=1S/C23H32N4O4/c1-30-21-9-5-4-8-18(21)20-14-27(26-25-20)13-12-17-10-11-19(22(15-28)31-17)24-23(29)16-6-2-3-7-16/h4-5,8-9,14,16-17,19,22,28H,2-3,6-7,10-13,15H2,1H3,(H,24,29)/t17-,19-,22+/m0/s1. The van der Waals surface area contributed by atoms with E-state index in [1.54, 1.807) is 7.11 Å². The number of amides is 1. The van der Waals surface area contributed by atoms with E-state index in [2.05, 4.69) is 15.6 Å². The minimum atomic E-state index is -0.357. The zero-order valence-corrected chi connectivity index (χ0v) is 18.1. The number of rotatable bonds is 8. The number of para-hydroxylation sites is 1. The largest absolute Gasteiger partial charge is 0.496 e. The van der Waals surface area contributed by atoms with Crippen molar-refractivity contribution in [3.8, 4) is 17.0 Å². The van der Waals surface area contributed by atoms with Crippen molar-refractivity contribution < 1.29 is 19.4 Å². The molecule has 1 aliphatic carbocycles. The molecule has 0 bridgehead atoms. The van der Waals surface area contributed by atoms with Crippen LogP contribution in [0, 0.1) is 5.92 Å². The molecular formula is C23H32N4O4. The first-order valence-corrected chi connectivity index (χ1v) is 11.3. The first-order valence-electron chi connectivity index (χ1n) is 11.3. The summed E-state index contributed by atoms with van der Waals surface area (Å²) >= 11 is 0. The number of aliphatic hydroxyl groups is 1. The lowest BCUT2D eigenvalue weighted by Crippen LogP contribution is -2.52. The average Bonchev–Trinajstić information content (AvgIpc) is 3.51. The van der Waals surface area contributed by atoms with Crippen LogP contribution in [-0.4, -0.2) is 58.0 Å². The molecule has 4 rings (SSSR count). The van der Waals surface area contributed by atoms with Crippen LogP contribution in [0.2, 0.25) is 0 Å². The number of aromatic nitrogens is 3. The Hall–Kier alpha value is -2.45. The van der Waals surface area contributed by atoms with Gasteiger partial charge in [0.1, 0.15) is 17.5 Å². The molecule has 0 radical (unpaired) electrons. The number of nitrogens with one attached hydrogen (secondary N) is 1. The van der Waals surface area contributed by atoms with Gasteiger partial charge in [-0.25, -0.2) is 0 Å². The maximum absolute atomic E-state index is 12.5. The first kappa shape index (κ1) is 21.8. The van der Waals surface area contributed by atoms with Crippen molar-refractivity contribution in [1.29, 1.82) is 0 Å². The molecule has 1 aromatic heterocycles. The Bertz CT molecular complexity index is 865. The van der Waals surface area contributed by atoms with E-state index in [0.717, 1.165) is 62.0 Å². The van der Waals surface area contributed by atoms with Gasteiger partial charge in [-0.3, -0.25) is 9.48 Å². The molecule has 168 valence electrons. The third-order valence-corrected chi connectivity index (χ3v) is 6.45. The number of ether oxygens (including phenoxy) is 2. The van der Waals surface area contributed by atoms with Gasteiger partial charge >= 0.3 is 0 Å². The average molecular weight is 429 g/mol. The number of aryl methyl sites for hydroxylation is 1. The molecule has 2 fully saturated rings. The fourth-order valence-electron chi connectivity index (χ4n) is 4.66. The van der Waals surface area contributed by atoms with Crippen molar-refractivity contribution in [3.63, 3.8) is 0 Å². The SMILES string of the molecule is COc1ccccc1-c1cn(CC[C@@H]2CC[C@H](NC(=O)C3CCCC3)[C@@H](CO)O2)nn1. The minimum absolute atomic E-state index is 0.0238. The second kappa shape index (κ2) is 10.2. The van der Waals surface area contributed by atoms with Gasteiger partial charge in [0.2, 0.25) is 5.91 Å². The second-order valence-electron chi connectivity index (χ2n) is 8.51. The maximum Gasteiger partial charge on any atom is 0.223 e. The van der Waals surface area contributed by atoms with Crippen LogP contribution in [0.1, 0.15) is 44.9 Å². The molecule has 0 spiro atoms. The van der Waals surface area contributed by atoms with Crippen LogP contribution >= 0.6 is 0 Å². The van der Waals surface area contributed by atoms with E-state index in [1.807, 2.05) is 35.1 Å². The topological polar surface area (TPSA) is 98.5 Å². The molecule has 2 N–H and O–H groups in total. The van der Waals surface area contributed by atoms with Crippen molar-refractivity contribution in [1.82, 2.24) is 20.3 Å². The van der Waals surface area contributed by atoms with Crippen LogP contribution in [0.4, 0.5) is 0 Å². The van der Waals surface area contributed by atoms with Crippen LogP contribution in [0.15, 0.2) is 30.5 Å². The fourth-order valence-corrected chi connectivity index (χ4v) is 4.66. The van der Waals surface area contributed by atoms with Gasteiger partial charge in [-0.15, -0.1) is 5.10 Å². The molecule has 0 unspecified atom stereocenters. The van der Waals surface area contributed by atoms with Gasteiger partial charge in [-0.05, 0) is 44.2 Å². The molecule has 1 saturated heterocycles. The number of carbonyl (C=O) groups excluding carboxylic acids is 1. The third-order valence-electron chi connectivity index (χ3n) is 6.45. The van der Waals surface area contributed by atoms with E-state index >= 15 is 0 Å². The van der Waals surface area contributed by atoms with Crippen LogP contribution in [0.25, 0.3) is 11.3 Å². The molecule has 1 amide bonds. The highest BCUT2D eigenvalue weighted by Crippen LogP contribution is 2.29. The Morgan fingerprint density at radius 2 is 2.06 bits per heavy atom. The molecule has 2 aromatic rings. The van der Waals surface area contributed by atoms with Gasteiger partial charge in [0.25, 0.3) is 0 Å². The predicted molar refractivity (Wildman–Crippen MR) is 115 cm³/mol. The number of nitrogens with zero attached hydrogens (tertiary/aromatic N) is 3. The summed E-state index contributed by atoms with van der Waals surface area (Å²) in [6.45, 7) is 0.581. The summed E-state index contributed by atoms with van der Waals surface area (Å²) in [6, 6.07) is 7.63. The molecule has 1 aliphatic heterocycles. The smallest absolute Gasteiger partial charge is 0.223 e. The second-order valence-corrected chi connectivity index (χ2v) is 8.51. The van der Waals surface area contributed by atoms with Crippen LogP contribution in [0.3, 0.4) is 0 Å². The number of aliphatic hydroxyl groups excluding tert-OH is 1. The van der Waals surface area contributed by atoms with E-state index in [4.69, 9.17) is 9.47 Å². The lowest BCUT2D eigenvalue weighted by Gasteiger charge is -2.36. The van der Waals surface area contributed by atoms with E-state index in [-0.39, 0.29) is 36.7 Å². The van der Waals surface area contributed by atoms with Crippen molar-refractivity contribution in [2.24, 2.45) is 5.92 Å². The summed E-state index contributed by atoms with van der Waals surface area (Å²) in [5.74, 6) is 1.01. The molecule has 8 nitrogen and oxygen atoms in total. The number of hydrogen-bond donors (Lipinski definition) is 2. The Labute approximate surface area is 182 Å². The van der Waals surface area contributed by atoms with Gasteiger partial charge in [0.05, 0.1) is 32.1 Å². The molecule has 1 aromatic carbocycles. The molecular weight excluding hydrogens is 396 g/mol. The lowest BCUT2D eigenvalue weighted by molar-refractivity contribution is -0.132. The van der Waals surface area contributed by atoms with Gasteiger partial charge < -0.3 is 19.9 Å². The van der Waals surface area contributed by atoms with Gasteiger partial charge in [-0.2, -0.15) is 0 Å². The number of carbonyl (C=O) groups is 1. The summed E-state index contributed by atoms with van der Waals surface area (Å²) in [7, 11) is 1.64. The van der Waals surface area contributed by atoms with Crippen LogP contribution in [0.5, 0.6) is 5.75 Å². The van der Waals surface area contributed by atoms with Crippen LogP contribution in [-0.2, 0) is 16.1 Å². The predicted octanol–water partition coefficient (Wildman–Crippen LogP) is 2.56. The highest BCUT2D eigenvalue weighted by Gasteiger charge is 2.33. The Morgan fingerprint density at radius 3 is 2.84 bits per heavy atom. The van der Waals surface area contributed by atoms with E-state index in [9.17, 15) is 9.90 Å². The van der Waals surface area contributed by atoms with Crippen LogP contribution < -0.4 is 10.1 Å². The third kappa shape index (κ3) is 5.25. The summed E-state index contributed by atoms with van der Waals surface area (Å²) < 4.78 is 13.3. The van der Waals surface area contributed by atoms with Crippen molar-refractivity contribution in [2.45, 2.75) is 69.7 Å². The van der Waals surface area contributed by atoms with E-state index < -0.39 is 0 Å². The Kier molecular flexibility index (Phi) is 7.19. The highest BCUT2D eigenvalue weighted by atomic mass is 16.5. The first-order chi connectivity index (χ1) is 15.2. The number of methoxy groups -OCH3 is 1. The molecule has 31 heavy (non-hydrogen) atoms. The monoisotopic (exact) mass is 428 g/mol. The lowest BCUT2D eigenvalue weighted by atomic mass is 9.96. The number of hydrogen-bond acceptors (Lipinski definition) is 6. The quantitative estimate of drug-likeness (QED) is 0.671. The zero-order valence-electron chi connectivity index (χ0n) is 18.1.